The van der Waals surface area contributed by atoms with E-state index in [-0.39, 0.29) is 12.3 Å². The number of nitrogens with one attached hydrogen (secondary N) is 1. The van der Waals surface area contributed by atoms with E-state index in [9.17, 15) is 4.79 Å². The lowest BCUT2D eigenvalue weighted by Crippen LogP contribution is -2.19. The Morgan fingerprint density at radius 1 is 1.46 bits per heavy atom. The van der Waals surface area contributed by atoms with Crippen LogP contribution in [0.3, 0.4) is 0 Å². The van der Waals surface area contributed by atoms with Gasteiger partial charge in [0.1, 0.15) is 5.01 Å². The number of aromatic nitrogens is 1. The number of anilines is 1. The van der Waals surface area contributed by atoms with E-state index < -0.39 is 0 Å². The number of nitrogens with zero attached hydrogens (tertiary/aromatic N) is 4. The molecule has 0 atom stereocenters. The number of nitriles is 1. The maximum Gasteiger partial charge on any atom is 0.246 e. The molecule has 0 aliphatic heterocycles. The van der Waals surface area contributed by atoms with Crippen molar-refractivity contribution < 1.29 is 4.79 Å². The molecule has 0 saturated carbocycles. The van der Waals surface area contributed by atoms with Crippen LogP contribution in [0.2, 0.25) is 0 Å². The highest BCUT2D eigenvalue weighted by Crippen LogP contribution is 2.13. The molecule has 0 unspecified atom stereocenters. The molecule has 1 heterocycles. The number of hydrogen-bond donors (Lipinski definition) is 1. The molecule has 7 heteroatoms. The zero-order valence-corrected chi connectivity index (χ0v) is 14.5. The number of amides is 1. The lowest BCUT2D eigenvalue weighted by Gasteiger charge is -2.17. The molecular weight excluding hydrogens is 322 g/mol. The van der Waals surface area contributed by atoms with Crippen molar-refractivity contribution in [3.05, 3.63) is 45.9 Å². The third kappa shape index (κ3) is 5.48. The Bertz CT molecular complexity index is 745. The first-order chi connectivity index (χ1) is 11.6. The number of benzene rings is 1. The fourth-order valence-electron chi connectivity index (χ4n) is 2.00. The van der Waals surface area contributed by atoms with Crippen molar-refractivity contribution in [2.24, 2.45) is 5.10 Å². The van der Waals surface area contributed by atoms with Crippen LogP contribution in [0.25, 0.3) is 0 Å². The average Bonchev–Trinajstić information content (AvgIpc) is 2.98. The molecule has 124 valence electrons. The highest BCUT2D eigenvalue weighted by Gasteiger charge is 2.05. The zero-order chi connectivity index (χ0) is 17.4. The third-order valence-corrected chi connectivity index (χ3v) is 4.24. The summed E-state index contributed by atoms with van der Waals surface area (Å²) in [4.78, 5) is 18.0. The zero-order valence-electron chi connectivity index (χ0n) is 13.7. The summed E-state index contributed by atoms with van der Waals surface area (Å²) >= 11 is 1.47. The van der Waals surface area contributed by atoms with Crippen molar-refractivity contribution in [3.63, 3.8) is 0 Å². The lowest BCUT2D eigenvalue weighted by atomic mass is 10.2. The molecule has 1 N–H and O–H groups in total. The standard InChI is InChI=1S/C17H19N5OS/c1-13-12-24-17(20-13)10-16(23)21-19-11-14-4-6-15(7-5-14)22(2)9-3-8-18/h4-7,11-12H,3,9-10H2,1-2H3,(H,21,23)/b19-11-. The van der Waals surface area contributed by atoms with Crippen LogP contribution < -0.4 is 10.3 Å². The summed E-state index contributed by atoms with van der Waals surface area (Å²) in [5, 5.41) is 15.3. The number of rotatable bonds is 7. The summed E-state index contributed by atoms with van der Waals surface area (Å²) in [7, 11) is 1.95. The van der Waals surface area contributed by atoms with Crippen LogP contribution in [0.15, 0.2) is 34.7 Å². The summed E-state index contributed by atoms with van der Waals surface area (Å²) in [5.74, 6) is -0.187. The number of hydrogen-bond acceptors (Lipinski definition) is 6. The number of hydrazone groups is 1. The highest BCUT2D eigenvalue weighted by molar-refractivity contribution is 7.09. The molecule has 1 aromatic heterocycles. The summed E-state index contributed by atoms with van der Waals surface area (Å²) < 4.78 is 0. The van der Waals surface area contributed by atoms with Crippen LogP contribution in [0.5, 0.6) is 0 Å². The quantitative estimate of drug-likeness (QED) is 0.620. The minimum Gasteiger partial charge on any atom is -0.374 e. The fourth-order valence-corrected chi connectivity index (χ4v) is 2.77. The topological polar surface area (TPSA) is 81.4 Å². The van der Waals surface area contributed by atoms with Crippen molar-refractivity contribution in [3.8, 4) is 6.07 Å². The van der Waals surface area contributed by atoms with Crippen molar-refractivity contribution in [1.29, 1.82) is 5.26 Å². The Kier molecular flexibility index (Phi) is 6.46. The van der Waals surface area contributed by atoms with E-state index in [0.29, 0.717) is 13.0 Å². The summed E-state index contributed by atoms with van der Waals surface area (Å²) in [6.07, 6.45) is 2.33. The third-order valence-electron chi connectivity index (χ3n) is 3.27. The summed E-state index contributed by atoms with van der Waals surface area (Å²) in [5.41, 5.74) is 5.35. The predicted octanol–water partition coefficient (Wildman–Crippen LogP) is 2.49. The molecule has 24 heavy (non-hydrogen) atoms. The van der Waals surface area contributed by atoms with Crippen LogP contribution in [0.1, 0.15) is 22.7 Å². The summed E-state index contributed by atoms with van der Waals surface area (Å²) in [6.45, 7) is 2.59. The second kappa shape index (κ2) is 8.79. The number of carbonyl (C=O) groups is 1. The predicted molar refractivity (Wildman–Crippen MR) is 96.2 cm³/mol. The second-order valence-corrected chi connectivity index (χ2v) is 6.22. The SMILES string of the molecule is Cc1csc(CC(=O)N/N=C\c2ccc(N(C)CCC#N)cc2)n1. The van der Waals surface area contributed by atoms with Crippen molar-refractivity contribution in [2.45, 2.75) is 19.8 Å². The molecule has 2 aromatic rings. The fraction of sp³-hybridized carbons (Fsp3) is 0.294. The van der Waals surface area contributed by atoms with Crippen molar-refractivity contribution in [2.75, 3.05) is 18.5 Å². The van der Waals surface area contributed by atoms with Gasteiger partial charge in [-0.1, -0.05) is 12.1 Å². The van der Waals surface area contributed by atoms with Gasteiger partial charge in [0.15, 0.2) is 0 Å². The highest BCUT2D eigenvalue weighted by atomic mass is 32.1. The Morgan fingerprint density at radius 3 is 2.83 bits per heavy atom. The van der Waals surface area contributed by atoms with Gasteiger partial charge in [-0.2, -0.15) is 10.4 Å². The first kappa shape index (κ1) is 17.6. The van der Waals surface area contributed by atoms with Gasteiger partial charge in [0.25, 0.3) is 0 Å². The van der Waals surface area contributed by atoms with Gasteiger partial charge in [-0.3, -0.25) is 4.79 Å². The van der Waals surface area contributed by atoms with Gasteiger partial charge in [0.2, 0.25) is 5.91 Å². The lowest BCUT2D eigenvalue weighted by molar-refractivity contribution is -0.120. The largest absolute Gasteiger partial charge is 0.374 e. The normalized spacial score (nSPS) is 10.5. The van der Waals surface area contributed by atoms with Crippen LogP contribution >= 0.6 is 11.3 Å². The first-order valence-electron chi connectivity index (χ1n) is 7.49. The van der Waals surface area contributed by atoms with Gasteiger partial charge in [0.05, 0.1) is 25.1 Å². The molecule has 0 aliphatic rings. The van der Waals surface area contributed by atoms with Crippen LogP contribution in [-0.2, 0) is 11.2 Å². The molecular formula is C17H19N5OS. The second-order valence-electron chi connectivity index (χ2n) is 5.27. The molecule has 1 amide bonds. The van der Waals surface area contributed by atoms with E-state index in [0.717, 1.165) is 22.0 Å². The molecule has 1 aromatic carbocycles. The minimum atomic E-state index is -0.187. The Morgan fingerprint density at radius 2 is 2.21 bits per heavy atom. The first-order valence-corrected chi connectivity index (χ1v) is 8.37. The van der Waals surface area contributed by atoms with Gasteiger partial charge in [-0.15, -0.1) is 11.3 Å². The van der Waals surface area contributed by atoms with Crippen molar-refractivity contribution in [1.82, 2.24) is 10.4 Å². The molecule has 0 aliphatic carbocycles. The van der Waals surface area contributed by atoms with Gasteiger partial charge in [0, 0.05) is 30.4 Å². The maximum absolute atomic E-state index is 11.8. The molecule has 0 saturated heterocycles. The Hall–Kier alpha value is -2.72. The molecule has 0 radical (unpaired) electrons. The summed E-state index contributed by atoms with van der Waals surface area (Å²) in [6, 6.07) is 9.87. The average molecular weight is 341 g/mol. The van der Waals surface area contributed by atoms with Crippen LogP contribution in [0, 0.1) is 18.3 Å². The number of carbonyl (C=O) groups excluding carboxylic acids is 1. The van der Waals surface area contributed by atoms with Gasteiger partial charge >= 0.3 is 0 Å². The molecule has 0 spiro atoms. The van der Waals surface area contributed by atoms with E-state index in [1.807, 2.05) is 48.5 Å². The Labute approximate surface area is 145 Å². The number of thiazole rings is 1. The molecule has 6 nitrogen and oxygen atoms in total. The van der Waals surface area contributed by atoms with Crippen LogP contribution in [-0.4, -0.2) is 30.7 Å². The molecule has 0 fully saturated rings. The van der Waals surface area contributed by atoms with E-state index >= 15 is 0 Å². The molecule has 0 bridgehead atoms. The Balaban J connectivity index is 1.83. The van der Waals surface area contributed by atoms with E-state index in [1.165, 1.54) is 11.3 Å². The van der Waals surface area contributed by atoms with E-state index in [4.69, 9.17) is 5.26 Å². The van der Waals surface area contributed by atoms with Gasteiger partial charge < -0.3 is 4.90 Å². The van der Waals surface area contributed by atoms with E-state index in [2.05, 4.69) is 21.6 Å². The monoisotopic (exact) mass is 341 g/mol. The van der Waals surface area contributed by atoms with Gasteiger partial charge in [-0.05, 0) is 24.6 Å². The van der Waals surface area contributed by atoms with Crippen molar-refractivity contribution >= 4 is 29.1 Å². The number of aryl methyl sites for hydroxylation is 1. The molecule has 2 rings (SSSR count). The van der Waals surface area contributed by atoms with Crippen LogP contribution in [0.4, 0.5) is 5.69 Å². The maximum atomic E-state index is 11.8. The van der Waals surface area contributed by atoms with E-state index in [1.54, 1.807) is 6.21 Å². The van der Waals surface area contributed by atoms with Gasteiger partial charge in [-0.25, -0.2) is 10.4 Å². The smallest absolute Gasteiger partial charge is 0.246 e. The minimum absolute atomic E-state index is 0.187.